The Balaban J connectivity index is 2.23. The van der Waals surface area contributed by atoms with Gasteiger partial charge in [-0.1, -0.05) is 13.3 Å². The molecule has 0 bridgehead atoms. The second kappa shape index (κ2) is 5.56. The van der Waals surface area contributed by atoms with Crippen LogP contribution in [0.15, 0.2) is 9.72 Å². The van der Waals surface area contributed by atoms with Gasteiger partial charge in [0.1, 0.15) is 0 Å². The minimum Gasteiger partial charge on any atom is -0.476 e. The molecule has 6 nitrogen and oxygen atoms in total. The molecule has 8 heteroatoms. The summed E-state index contributed by atoms with van der Waals surface area (Å²) < 4.78 is 26.0. The Labute approximate surface area is 116 Å². The van der Waals surface area contributed by atoms with Gasteiger partial charge in [-0.25, -0.2) is 18.2 Å². The number of nitrogens with zero attached hydrogens (tertiary/aromatic N) is 2. The maximum Gasteiger partial charge on any atom is 0.356 e. The Morgan fingerprint density at radius 1 is 1.53 bits per heavy atom. The highest BCUT2D eigenvalue weighted by Gasteiger charge is 2.33. The highest BCUT2D eigenvalue weighted by Crippen LogP contribution is 2.28. The number of hydrogen-bond acceptors (Lipinski definition) is 5. The SMILES string of the molecule is CCC1CCN(S(=O)(=O)c2scnc2C(=O)O)CC1. The molecule has 0 aromatic carbocycles. The van der Waals surface area contributed by atoms with Crippen LogP contribution in [0.5, 0.6) is 0 Å². The number of carboxylic acid groups (broad SMARTS) is 1. The molecule has 1 aromatic rings. The molecule has 0 amide bonds. The van der Waals surface area contributed by atoms with E-state index in [4.69, 9.17) is 5.11 Å². The molecule has 106 valence electrons. The van der Waals surface area contributed by atoms with Crippen molar-refractivity contribution in [1.82, 2.24) is 9.29 Å². The van der Waals surface area contributed by atoms with Gasteiger partial charge in [-0.05, 0) is 18.8 Å². The van der Waals surface area contributed by atoms with Crippen molar-refractivity contribution in [1.29, 1.82) is 0 Å². The van der Waals surface area contributed by atoms with Gasteiger partial charge in [0.05, 0.1) is 5.51 Å². The van der Waals surface area contributed by atoms with Gasteiger partial charge in [-0.15, -0.1) is 11.3 Å². The van der Waals surface area contributed by atoms with Gasteiger partial charge < -0.3 is 5.11 Å². The molecule has 1 N–H and O–H groups in total. The average molecular weight is 304 g/mol. The van der Waals surface area contributed by atoms with Crippen molar-refractivity contribution in [2.24, 2.45) is 5.92 Å². The van der Waals surface area contributed by atoms with E-state index in [0.29, 0.717) is 19.0 Å². The predicted molar refractivity (Wildman–Crippen MR) is 70.8 cm³/mol. The van der Waals surface area contributed by atoms with Crippen LogP contribution in [-0.4, -0.2) is 41.9 Å². The molecule has 1 fully saturated rings. The van der Waals surface area contributed by atoms with Gasteiger partial charge in [0.2, 0.25) is 0 Å². The summed E-state index contributed by atoms with van der Waals surface area (Å²) in [6, 6.07) is 0. The van der Waals surface area contributed by atoms with E-state index < -0.39 is 16.0 Å². The van der Waals surface area contributed by atoms with Gasteiger partial charge >= 0.3 is 5.97 Å². The highest BCUT2D eigenvalue weighted by atomic mass is 32.2. The first-order chi connectivity index (χ1) is 8.96. The minimum atomic E-state index is -3.72. The molecule has 19 heavy (non-hydrogen) atoms. The zero-order valence-electron chi connectivity index (χ0n) is 10.6. The Morgan fingerprint density at radius 3 is 2.68 bits per heavy atom. The predicted octanol–water partition coefficient (Wildman–Crippen LogP) is 1.65. The van der Waals surface area contributed by atoms with Gasteiger partial charge in [-0.3, -0.25) is 0 Å². The number of aromatic carboxylic acids is 1. The van der Waals surface area contributed by atoms with Crippen LogP contribution in [0.1, 0.15) is 36.7 Å². The molecule has 2 rings (SSSR count). The molecule has 1 saturated heterocycles. The number of thiazole rings is 1. The van der Waals surface area contributed by atoms with Crippen molar-refractivity contribution in [3.05, 3.63) is 11.2 Å². The molecule has 1 aliphatic heterocycles. The smallest absolute Gasteiger partial charge is 0.356 e. The number of hydrogen-bond donors (Lipinski definition) is 1. The normalized spacial score (nSPS) is 18.6. The zero-order chi connectivity index (χ0) is 14.0. The third-order valence-corrected chi connectivity index (χ3v) is 6.71. The highest BCUT2D eigenvalue weighted by molar-refractivity contribution is 7.91. The fraction of sp³-hybridized carbons (Fsp3) is 0.636. The van der Waals surface area contributed by atoms with Gasteiger partial charge in [0, 0.05) is 13.1 Å². The van der Waals surface area contributed by atoms with Crippen LogP contribution in [0, 0.1) is 5.92 Å². The maximum atomic E-state index is 12.4. The molecular formula is C11H16N2O4S2. The van der Waals surface area contributed by atoms with Gasteiger partial charge in [-0.2, -0.15) is 4.31 Å². The fourth-order valence-electron chi connectivity index (χ4n) is 2.24. The van der Waals surface area contributed by atoms with Crippen LogP contribution >= 0.6 is 11.3 Å². The molecule has 2 heterocycles. The Bertz CT molecular complexity index is 559. The van der Waals surface area contributed by atoms with Crippen LogP contribution in [0.3, 0.4) is 0 Å². The van der Waals surface area contributed by atoms with E-state index in [-0.39, 0.29) is 9.90 Å². The first kappa shape index (κ1) is 14.4. The molecule has 1 aliphatic rings. The lowest BCUT2D eigenvalue weighted by molar-refractivity contribution is 0.0687. The minimum absolute atomic E-state index is 0.157. The lowest BCUT2D eigenvalue weighted by atomic mass is 9.96. The van der Waals surface area contributed by atoms with Crippen LogP contribution in [0.25, 0.3) is 0 Å². The van der Waals surface area contributed by atoms with Crippen molar-refractivity contribution in [2.75, 3.05) is 13.1 Å². The van der Waals surface area contributed by atoms with Crippen LogP contribution in [0.2, 0.25) is 0 Å². The summed E-state index contributed by atoms with van der Waals surface area (Å²) >= 11 is 0.863. The van der Waals surface area contributed by atoms with E-state index in [2.05, 4.69) is 11.9 Å². The lowest BCUT2D eigenvalue weighted by Crippen LogP contribution is -2.38. The van der Waals surface area contributed by atoms with Crippen LogP contribution in [0.4, 0.5) is 0 Å². The first-order valence-corrected chi connectivity index (χ1v) is 8.45. The second-order valence-corrected chi connectivity index (χ2v) is 7.54. The molecule has 0 unspecified atom stereocenters. The van der Waals surface area contributed by atoms with Crippen molar-refractivity contribution in [3.8, 4) is 0 Å². The summed E-state index contributed by atoms with van der Waals surface area (Å²) in [6.07, 6.45) is 2.71. The topological polar surface area (TPSA) is 87.6 Å². The van der Waals surface area contributed by atoms with Crippen molar-refractivity contribution in [2.45, 2.75) is 30.4 Å². The van der Waals surface area contributed by atoms with Gasteiger partial charge in [0.25, 0.3) is 10.0 Å². The zero-order valence-corrected chi connectivity index (χ0v) is 12.2. The molecule has 1 aromatic heterocycles. The largest absolute Gasteiger partial charge is 0.476 e. The quantitative estimate of drug-likeness (QED) is 0.914. The summed E-state index contributed by atoms with van der Waals surface area (Å²) in [5.74, 6) is -0.741. The van der Waals surface area contributed by atoms with E-state index in [1.165, 1.54) is 9.82 Å². The average Bonchev–Trinajstić information content (AvgIpc) is 2.89. The Kier molecular flexibility index (Phi) is 4.22. The van der Waals surface area contributed by atoms with E-state index in [1.807, 2.05) is 0 Å². The van der Waals surface area contributed by atoms with Crippen LogP contribution < -0.4 is 0 Å². The summed E-state index contributed by atoms with van der Waals surface area (Å²) in [7, 11) is -3.72. The monoisotopic (exact) mass is 304 g/mol. The standard InChI is InChI=1S/C11H16N2O4S2/c1-2-8-3-5-13(6-4-8)19(16,17)11-9(10(14)15)12-7-18-11/h7-8H,2-6H2,1H3,(H,14,15). The maximum absolute atomic E-state index is 12.4. The van der Waals surface area contributed by atoms with E-state index >= 15 is 0 Å². The van der Waals surface area contributed by atoms with Gasteiger partial charge in [0.15, 0.2) is 9.90 Å². The molecular weight excluding hydrogens is 288 g/mol. The van der Waals surface area contributed by atoms with Crippen LogP contribution in [-0.2, 0) is 10.0 Å². The Hall–Kier alpha value is -0.990. The molecule has 0 saturated carbocycles. The lowest BCUT2D eigenvalue weighted by Gasteiger charge is -2.30. The summed E-state index contributed by atoms with van der Waals surface area (Å²) in [5.41, 5.74) is 0.886. The number of carboxylic acids is 1. The summed E-state index contributed by atoms with van der Waals surface area (Å²) in [5, 5.41) is 8.96. The fourth-order valence-corrected chi connectivity index (χ4v) is 4.98. The third kappa shape index (κ3) is 2.80. The van der Waals surface area contributed by atoms with E-state index in [1.54, 1.807) is 0 Å². The summed E-state index contributed by atoms with van der Waals surface area (Å²) in [6.45, 7) is 3.01. The van der Waals surface area contributed by atoms with Crippen molar-refractivity contribution >= 4 is 27.3 Å². The number of sulfonamides is 1. The number of aromatic nitrogens is 1. The van der Waals surface area contributed by atoms with Crippen molar-refractivity contribution in [3.63, 3.8) is 0 Å². The van der Waals surface area contributed by atoms with Crippen molar-refractivity contribution < 1.29 is 18.3 Å². The molecule has 0 atom stereocenters. The summed E-state index contributed by atoms with van der Waals surface area (Å²) in [4.78, 5) is 14.6. The van der Waals surface area contributed by atoms with E-state index in [9.17, 15) is 13.2 Å². The first-order valence-electron chi connectivity index (χ1n) is 6.13. The third-order valence-electron chi connectivity index (χ3n) is 3.46. The molecule has 0 spiro atoms. The number of piperidine rings is 1. The second-order valence-electron chi connectivity index (χ2n) is 4.55. The number of carbonyl (C=O) groups is 1. The Morgan fingerprint density at radius 2 is 2.16 bits per heavy atom. The molecule has 0 radical (unpaired) electrons. The van der Waals surface area contributed by atoms with E-state index in [0.717, 1.165) is 30.6 Å². The number of rotatable bonds is 4. The molecule has 0 aliphatic carbocycles.